The Morgan fingerprint density at radius 3 is 1.79 bits per heavy atom. The van der Waals surface area contributed by atoms with Gasteiger partial charge >= 0.3 is 0 Å². The van der Waals surface area contributed by atoms with Crippen molar-refractivity contribution < 1.29 is 19.1 Å². The largest absolute Gasteiger partial charge is 0.374 e. The van der Waals surface area contributed by atoms with Gasteiger partial charge in [-0.3, -0.25) is 9.59 Å². The molecule has 0 aromatic carbocycles. The van der Waals surface area contributed by atoms with Gasteiger partial charge < -0.3 is 14.1 Å². The van der Waals surface area contributed by atoms with Crippen LogP contribution in [0.3, 0.4) is 0 Å². The highest BCUT2D eigenvalue weighted by molar-refractivity contribution is 5.97. The molecule has 326 valence electrons. The van der Waals surface area contributed by atoms with Gasteiger partial charge in [-0.2, -0.15) is 0 Å². The molecule has 0 fully saturated rings. The predicted octanol–water partition coefficient (Wildman–Crippen LogP) is 14.9. The normalized spacial score (nSPS) is 12.7. The fraction of sp³-hybridized carbons (Fsp3) is 0.745. The summed E-state index contributed by atoms with van der Waals surface area (Å²) in [7, 11) is 0. The lowest BCUT2D eigenvalue weighted by Crippen LogP contribution is -2.21. The van der Waals surface area contributed by atoms with E-state index in [2.05, 4.69) is 78.0 Å². The van der Waals surface area contributed by atoms with Gasteiger partial charge in [0.15, 0.2) is 11.6 Å². The SMILES string of the molecule is C#CCC.C/C=C\C=C(\C)COC(CCC)CCC.CC.CCC(C)=O.CCCCC(C)CCC.CCc1c(C(C)=O)c2c(n1CC(=O)C(C)CC)CCCC2. The number of terminal acetylenes is 1. The minimum Gasteiger partial charge on any atom is -0.374 e. The zero-order valence-electron chi connectivity index (χ0n) is 40.1. The zero-order valence-corrected chi connectivity index (χ0v) is 40.1. The van der Waals surface area contributed by atoms with Crippen LogP contribution in [0, 0.1) is 24.2 Å². The van der Waals surface area contributed by atoms with Crippen LogP contribution in [0.4, 0.5) is 0 Å². The maximum absolute atomic E-state index is 12.4. The Morgan fingerprint density at radius 2 is 1.38 bits per heavy atom. The molecule has 0 spiro atoms. The van der Waals surface area contributed by atoms with Crippen LogP contribution in [0.1, 0.15) is 228 Å². The lowest BCUT2D eigenvalue weighted by atomic mass is 9.93. The molecule has 2 atom stereocenters. The number of carbonyl (C=O) groups is 3. The summed E-state index contributed by atoms with van der Waals surface area (Å²) in [5.74, 6) is 4.18. The molecule has 5 heteroatoms. The molecule has 0 saturated carbocycles. The maximum Gasteiger partial charge on any atom is 0.161 e. The molecule has 2 unspecified atom stereocenters. The fourth-order valence-corrected chi connectivity index (χ4v) is 6.14. The van der Waals surface area contributed by atoms with Crippen molar-refractivity contribution in [2.75, 3.05) is 6.61 Å². The van der Waals surface area contributed by atoms with E-state index in [9.17, 15) is 14.4 Å². The summed E-state index contributed by atoms with van der Waals surface area (Å²) in [5, 5.41) is 0. The standard InChI is InChI=1S/C18H27NO2.C14H26O.C9H20.C4H8O.C4H6.C2H6/c1-5-12(3)17(21)11-19-15(6-2)18(13(4)20)14-9-7-8-10-16(14)19;1-5-8-11-13(4)12-15-14(9-6-2)10-7-3;1-4-6-8-9(3)7-5-2;1-3-4(2)5;1-3-4-2;1-2/h12H,5-11H2,1-4H3;5,8,11,14H,6-7,9-10,12H2,1-4H3;9H,4-8H2,1-3H3;3H2,1-2H3;1H,4H2,2H3;1-2H3/b;8-5-,13-11-;;;;. The third-order valence-corrected chi connectivity index (χ3v) is 9.72. The van der Waals surface area contributed by atoms with Gasteiger partial charge in [-0.15, -0.1) is 12.3 Å². The Bertz CT molecular complexity index is 1210. The van der Waals surface area contributed by atoms with Crippen LogP contribution in [-0.4, -0.2) is 34.6 Å². The monoisotopic (exact) mass is 784 g/mol. The third-order valence-electron chi connectivity index (χ3n) is 9.72. The van der Waals surface area contributed by atoms with Gasteiger partial charge in [0.2, 0.25) is 0 Å². The second kappa shape index (κ2) is 41.9. The number of hydrogen-bond donors (Lipinski definition) is 0. The average Bonchev–Trinajstić information content (AvgIpc) is 3.52. The van der Waals surface area contributed by atoms with Gasteiger partial charge in [0, 0.05) is 35.7 Å². The molecule has 0 amide bonds. The van der Waals surface area contributed by atoms with E-state index >= 15 is 0 Å². The number of nitrogens with zero attached hydrogens (tertiary/aromatic N) is 1. The Labute approximate surface area is 349 Å². The second-order valence-electron chi connectivity index (χ2n) is 14.9. The van der Waals surface area contributed by atoms with Crippen LogP contribution in [0.15, 0.2) is 23.8 Å². The Kier molecular flexibility index (Phi) is 44.9. The van der Waals surface area contributed by atoms with Gasteiger partial charge in [0.1, 0.15) is 5.78 Å². The number of aromatic nitrogens is 1. The summed E-state index contributed by atoms with van der Waals surface area (Å²) in [4.78, 5) is 34.3. The number of rotatable bonds is 20. The smallest absolute Gasteiger partial charge is 0.161 e. The van der Waals surface area contributed by atoms with Crippen molar-refractivity contribution in [3.8, 4) is 12.3 Å². The number of fused-ring (bicyclic) bond motifs is 1. The van der Waals surface area contributed by atoms with Crippen molar-refractivity contribution in [3.05, 3.63) is 46.3 Å². The molecule has 0 N–H and O–H groups in total. The number of Topliss-reactive ketones (excluding diaryl/α,β-unsaturated/α-hetero) is 3. The molecule has 1 aliphatic rings. The highest BCUT2D eigenvalue weighted by Crippen LogP contribution is 2.31. The van der Waals surface area contributed by atoms with E-state index in [4.69, 9.17) is 11.2 Å². The lowest BCUT2D eigenvalue weighted by Gasteiger charge is -2.17. The van der Waals surface area contributed by atoms with E-state index in [1.165, 1.54) is 74.6 Å². The van der Waals surface area contributed by atoms with E-state index in [-0.39, 0.29) is 23.3 Å². The van der Waals surface area contributed by atoms with Crippen molar-refractivity contribution in [1.82, 2.24) is 4.57 Å². The highest BCUT2D eigenvalue weighted by atomic mass is 16.5. The first-order chi connectivity index (χ1) is 26.7. The minimum atomic E-state index is 0.0946. The second-order valence-corrected chi connectivity index (χ2v) is 14.9. The number of ketones is 3. The maximum atomic E-state index is 12.4. The molecule has 1 aliphatic carbocycles. The Balaban J connectivity index is -0.000000337. The molecule has 56 heavy (non-hydrogen) atoms. The average molecular weight is 784 g/mol. The molecule has 0 bridgehead atoms. The van der Waals surface area contributed by atoms with Gasteiger partial charge in [-0.05, 0) is 96.1 Å². The molecule has 0 aliphatic heterocycles. The molecular formula is C51H93NO4. The molecule has 0 saturated heterocycles. The van der Waals surface area contributed by atoms with E-state index in [0.29, 0.717) is 19.1 Å². The summed E-state index contributed by atoms with van der Waals surface area (Å²) in [5.41, 5.74) is 5.75. The highest BCUT2D eigenvalue weighted by Gasteiger charge is 2.27. The number of hydrogen-bond acceptors (Lipinski definition) is 4. The van der Waals surface area contributed by atoms with Crippen molar-refractivity contribution in [2.45, 2.75) is 233 Å². The molecular weight excluding hydrogens is 691 g/mol. The first kappa shape index (κ1) is 60.0. The summed E-state index contributed by atoms with van der Waals surface area (Å²) in [6.45, 7) is 33.8. The third kappa shape index (κ3) is 30.4. The van der Waals surface area contributed by atoms with Gasteiger partial charge in [0.25, 0.3) is 0 Å². The van der Waals surface area contributed by atoms with Crippen LogP contribution in [0.2, 0.25) is 0 Å². The van der Waals surface area contributed by atoms with Crippen molar-refractivity contribution >= 4 is 17.3 Å². The van der Waals surface area contributed by atoms with Crippen LogP contribution < -0.4 is 0 Å². The molecule has 1 aromatic rings. The van der Waals surface area contributed by atoms with E-state index in [0.717, 1.165) is 68.7 Å². The summed E-state index contributed by atoms with van der Waals surface area (Å²) < 4.78 is 8.05. The number of carbonyl (C=O) groups excluding carboxylic acids is 3. The molecule has 1 aromatic heterocycles. The lowest BCUT2D eigenvalue weighted by molar-refractivity contribution is -0.123. The van der Waals surface area contributed by atoms with Crippen LogP contribution in [-0.2, 0) is 40.1 Å². The van der Waals surface area contributed by atoms with Crippen LogP contribution in [0.5, 0.6) is 0 Å². The van der Waals surface area contributed by atoms with Gasteiger partial charge in [-0.25, -0.2) is 0 Å². The summed E-state index contributed by atoms with van der Waals surface area (Å²) >= 11 is 0. The van der Waals surface area contributed by atoms with Crippen molar-refractivity contribution in [3.63, 3.8) is 0 Å². The van der Waals surface area contributed by atoms with Gasteiger partial charge in [0.05, 0.1) is 19.3 Å². The van der Waals surface area contributed by atoms with Crippen molar-refractivity contribution in [1.29, 1.82) is 0 Å². The molecule has 1 heterocycles. The van der Waals surface area contributed by atoms with Crippen LogP contribution in [0.25, 0.3) is 0 Å². The first-order valence-corrected chi connectivity index (χ1v) is 22.8. The number of allylic oxidation sites excluding steroid dienone is 3. The Hall–Kier alpha value is -2.71. The number of ether oxygens (including phenoxy) is 1. The predicted molar refractivity (Wildman–Crippen MR) is 248 cm³/mol. The summed E-state index contributed by atoms with van der Waals surface area (Å²) in [6.07, 6.45) is 30.7. The Morgan fingerprint density at radius 1 is 0.839 bits per heavy atom. The fourth-order valence-electron chi connectivity index (χ4n) is 6.14. The minimum absolute atomic E-state index is 0.0946. The zero-order chi connectivity index (χ0) is 43.9. The van der Waals surface area contributed by atoms with Gasteiger partial charge in [-0.1, -0.05) is 146 Å². The van der Waals surface area contributed by atoms with Crippen molar-refractivity contribution in [2.24, 2.45) is 11.8 Å². The molecule has 2 rings (SSSR count). The summed E-state index contributed by atoms with van der Waals surface area (Å²) in [6, 6.07) is 0. The molecule has 5 nitrogen and oxygen atoms in total. The van der Waals surface area contributed by atoms with E-state index < -0.39 is 0 Å². The first-order valence-electron chi connectivity index (χ1n) is 22.8. The van der Waals surface area contributed by atoms with E-state index in [1.54, 1.807) is 13.8 Å². The quantitative estimate of drug-likeness (QED) is 0.0750. The van der Waals surface area contributed by atoms with Crippen LogP contribution >= 0.6 is 0 Å². The molecule has 0 radical (unpaired) electrons. The topological polar surface area (TPSA) is 65.4 Å². The van der Waals surface area contributed by atoms with E-state index in [1.807, 2.05) is 47.6 Å². The number of unbranched alkanes of at least 4 members (excludes halogenated alkanes) is 1.